The van der Waals surface area contributed by atoms with Crippen LogP contribution in [0.1, 0.15) is 36.5 Å². The monoisotopic (exact) mass is 404 g/mol. The summed E-state index contributed by atoms with van der Waals surface area (Å²) in [5.74, 6) is -10.8. The Kier molecular flexibility index (Phi) is 5.24. The summed E-state index contributed by atoms with van der Waals surface area (Å²) in [6, 6.07) is 1.49. The van der Waals surface area contributed by atoms with E-state index in [0.29, 0.717) is 18.2 Å². The third-order valence-electron chi connectivity index (χ3n) is 3.82. The van der Waals surface area contributed by atoms with E-state index in [-0.39, 0.29) is 5.56 Å². The SMILES string of the molecule is CC(C)c1cc(C(F)(F)F)ccc1-c1c(F)c(F)c(C(F)(F)F)c(F)c1F. The molecule has 2 aromatic carbocycles. The molecular weight excluding hydrogens is 394 g/mol. The van der Waals surface area contributed by atoms with Gasteiger partial charge in [-0.25, -0.2) is 17.6 Å². The van der Waals surface area contributed by atoms with Gasteiger partial charge in [-0.1, -0.05) is 19.9 Å². The van der Waals surface area contributed by atoms with Crippen LogP contribution in [-0.2, 0) is 12.4 Å². The zero-order chi connectivity index (χ0) is 20.9. The summed E-state index contributed by atoms with van der Waals surface area (Å²) in [7, 11) is 0. The van der Waals surface area contributed by atoms with E-state index in [1.807, 2.05) is 0 Å². The molecule has 10 heteroatoms. The average molecular weight is 404 g/mol. The number of hydrogen-bond donors (Lipinski definition) is 0. The van der Waals surface area contributed by atoms with Gasteiger partial charge >= 0.3 is 12.4 Å². The van der Waals surface area contributed by atoms with Crippen molar-refractivity contribution in [3.05, 3.63) is 58.2 Å². The maximum absolute atomic E-state index is 14.2. The molecule has 0 aliphatic heterocycles. The lowest BCUT2D eigenvalue weighted by atomic mass is 9.89. The van der Waals surface area contributed by atoms with Crippen molar-refractivity contribution in [3.8, 4) is 11.1 Å². The summed E-state index contributed by atoms with van der Waals surface area (Å²) in [6.45, 7) is 2.68. The number of rotatable bonds is 2. The largest absolute Gasteiger partial charge is 0.422 e. The normalized spacial score (nSPS) is 12.8. The first-order valence-corrected chi connectivity index (χ1v) is 7.32. The highest BCUT2D eigenvalue weighted by molar-refractivity contribution is 5.71. The highest BCUT2D eigenvalue weighted by Crippen LogP contribution is 2.42. The molecule has 0 aromatic heterocycles. The fourth-order valence-electron chi connectivity index (χ4n) is 2.56. The molecule has 0 atom stereocenters. The first-order chi connectivity index (χ1) is 12.2. The Morgan fingerprint density at radius 3 is 1.56 bits per heavy atom. The summed E-state index contributed by atoms with van der Waals surface area (Å²) in [6.07, 6.45) is -10.5. The minimum Gasteiger partial charge on any atom is -0.203 e. The Labute approximate surface area is 146 Å². The van der Waals surface area contributed by atoms with Gasteiger partial charge in [-0.2, -0.15) is 26.3 Å². The van der Waals surface area contributed by atoms with Crippen LogP contribution in [0.5, 0.6) is 0 Å². The molecule has 0 aliphatic carbocycles. The highest BCUT2D eigenvalue weighted by Gasteiger charge is 2.43. The van der Waals surface area contributed by atoms with Crippen LogP contribution in [0.4, 0.5) is 43.9 Å². The minimum atomic E-state index is -5.71. The lowest BCUT2D eigenvalue weighted by molar-refractivity contribution is -0.143. The van der Waals surface area contributed by atoms with E-state index in [1.54, 1.807) is 0 Å². The smallest absolute Gasteiger partial charge is 0.203 e. The molecule has 0 spiro atoms. The van der Waals surface area contributed by atoms with E-state index < -0.39 is 63.8 Å². The van der Waals surface area contributed by atoms with Crippen molar-refractivity contribution < 1.29 is 43.9 Å². The molecule has 0 fully saturated rings. The predicted molar refractivity (Wildman–Crippen MR) is 75.8 cm³/mol. The van der Waals surface area contributed by atoms with E-state index >= 15 is 0 Å². The van der Waals surface area contributed by atoms with Gasteiger partial charge in [0.15, 0.2) is 23.3 Å². The van der Waals surface area contributed by atoms with Gasteiger partial charge < -0.3 is 0 Å². The zero-order valence-electron chi connectivity index (χ0n) is 13.6. The van der Waals surface area contributed by atoms with Crippen LogP contribution in [-0.4, -0.2) is 0 Å². The first-order valence-electron chi connectivity index (χ1n) is 7.32. The second-order valence-corrected chi connectivity index (χ2v) is 5.96. The Morgan fingerprint density at radius 1 is 0.704 bits per heavy atom. The number of halogens is 10. The maximum atomic E-state index is 14.2. The van der Waals surface area contributed by atoms with Gasteiger partial charge in [0.25, 0.3) is 0 Å². The molecule has 0 amide bonds. The van der Waals surface area contributed by atoms with Crippen molar-refractivity contribution in [1.82, 2.24) is 0 Å². The minimum absolute atomic E-state index is 0.346. The van der Waals surface area contributed by atoms with E-state index in [0.717, 1.165) is 0 Å². The lowest BCUT2D eigenvalue weighted by Crippen LogP contribution is -2.16. The van der Waals surface area contributed by atoms with Gasteiger partial charge in [0.2, 0.25) is 0 Å². The number of alkyl halides is 6. The molecule has 0 saturated heterocycles. The van der Waals surface area contributed by atoms with Gasteiger partial charge in [-0.05, 0) is 29.2 Å². The molecule has 2 rings (SSSR count). The van der Waals surface area contributed by atoms with Gasteiger partial charge in [-0.15, -0.1) is 0 Å². The van der Waals surface area contributed by atoms with Crippen LogP contribution in [0.25, 0.3) is 11.1 Å². The average Bonchev–Trinajstić information content (AvgIpc) is 2.51. The van der Waals surface area contributed by atoms with Crippen LogP contribution in [0.2, 0.25) is 0 Å². The Hall–Kier alpha value is -2.26. The Balaban J connectivity index is 2.88. The molecule has 2 aromatic rings. The quantitative estimate of drug-likeness (QED) is 0.371. The number of hydrogen-bond acceptors (Lipinski definition) is 0. The molecule has 0 bridgehead atoms. The standard InChI is InChI=1S/C17H10F10/c1-6(2)9-5-7(16(22,23)24)3-4-8(9)10-12(18)14(20)11(17(25,26)27)15(21)13(10)19/h3-6H,1-2H3. The summed E-state index contributed by atoms with van der Waals surface area (Å²) in [5, 5.41) is 0. The van der Waals surface area contributed by atoms with Crippen molar-refractivity contribution in [2.45, 2.75) is 32.1 Å². The summed E-state index contributed by atoms with van der Waals surface area (Å²) in [5.41, 5.74) is -6.47. The fourth-order valence-corrected chi connectivity index (χ4v) is 2.56. The molecule has 0 heterocycles. The van der Waals surface area contributed by atoms with Crippen molar-refractivity contribution in [2.75, 3.05) is 0 Å². The Bertz CT molecular complexity index is 846. The Morgan fingerprint density at radius 2 is 1.19 bits per heavy atom. The van der Waals surface area contributed by atoms with Crippen LogP contribution >= 0.6 is 0 Å². The molecule has 27 heavy (non-hydrogen) atoms. The third kappa shape index (κ3) is 3.74. The van der Waals surface area contributed by atoms with Crippen molar-refractivity contribution in [1.29, 1.82) is 0 Å². The predicted octanol–water partition coefficient (Wildman–Crippen LogP) is 7.07. The van der Waals surface area contributed by atoms with Crippen molar-refractivity contribution >= 4 is 0 Å². The van der Waals surface area contributed by atoms with Crippen molar-refractivity contribution in [2.24, 2.45) is 0 Å². The molecule has 0 aliphatic rings. The molecule has 0 radical (unpaired) electrons. The molecule has 148 valence electrons. The van der Waals surface area contributed by atoms with E-state index in [2.05, 4.69) is 0 Å². The van der Waals surface area contributed by atoms with E-state index in [4.69, 9.17) is 0 Å². The fraction of sp³-hybridized carbons (Fsp3) is 0.294. The maximum Gasteiger partial charge on any atom is 0.422 e. The summed E-state index contributed by atoms with van der Waals surface area (Å²) < 4.78 is 132. The van der Waals surface area contributed by atoms with Crippen molar-refractivity contribution in [3.63, 3.8) is 0 Å². The molecule has 0 saturated carbocycles. The second-order valence-electron chi connectivity index (χ2n) is 5.96. The topological polar surface area (TPSA) is 0 Å². The van der Waals surface area contributed by atoms with Gasteiger partial charge in [0.1, 0.15) is 5.56 Å². The summed E-state index contributed by atoms with van der Waals surface area (Å²) in [4.78, 5) is 0. The van der Waals surface area contributed by atoms with Crippen LogP contribution in [0.15, 0.2) is 18.2 Å². The molecule has 0 N–H and O–H groups in total. The third-order valence-corrected chi connectivity index (χ3v) is 3.82. The van der Waals surface area contributed by atoms with Crippen LogP contribution in [0.3, 0.4) is 0 Å². The van der Waals surface area contributed by atoms with Gasteiger partial charge in [0.05, 0.1) is 11.1 Å². The molecular formula is C17H10F10. The molecule has 0 unspecified atom stereocenters. The van der Waals surface area contributed by atoms with Crippen LogP contribution < -0.4 is 0 Å². The van der Waals surface area contributed by atoms with Crippen LogP contribution in [0, 0.1) is 23.3 Å². The van der Waals surface area contributed by atoms with E-state index in [9.17, 15) is 43.9 Å². The number of benzene rings is 2. The molecule has 0 nitrogen and oxygen atoms in total. The second kappa shape index (κ2) is 6.72. The zero-order valence-corrected chi connectivity index (χ0v) is 13.6. The van der Waals surface area contributed by atoms with Gasteiger partial charge in [0, 0.05) is 0 Å². The van der Waals surface area contributed by atoms with E-state index in [1.165, 1.54) is 13.8 Å². The lowest BCUT2D eigenvalue weighted by Gasteiger charge is -2.19. The highest BCUT2D eigenvalue weighted by atomic mass is 19.4. The van der Waals surface area contributed by atoms with Gasteiger partial charge in [-0.3, -0.25) is 0 Å². The first kappa shape index (κ1) is 21.0. The summed E-state index contributed by atoms with van der Waals surface area (Å²) >= 11 is 0.